The molecule has 0 aliphatic carbocycles. The van der Waals surface area contributed by atoms with Gasteiger partial charge in [-0.2, -0.15) is 18.2 Å². The van der Waals surface area contributed by atoms with Crippen LogP contribution in [-0.2, 0) is 19.3 Å². The van der Waals surface area contributed by atoms with Gasteiger partial charge in [-0.3, -0.25) is 4.57 Å². The number of rotatable bonds is 5. The molecule has 12 heteroatoms. The Morgan fingerprint density at radius 1 is 1.03 bits per heavy atom. The van der Waals surface area contributed by atoms with Crippen molar-refractivity contribution in [3.05, 3.63) is 69.8 Å². The lowest BCUT2D eigenvalue weighted by Crippen LogP contribution is -2.38. The molecule has 3 aliphatic heterocycles. The fourth-order valence-electron chi connectivity index (χ4n) is 5.56. The number of alkyl halides is 3. The van der Waals surface area contributed by atoms with E-state index in [0.29, 0.717) is 18.7 Å². The van der Waals surface area contributed by atoms with Crippen LogP contribution in [-0.4, -0.2) is 26.1 Å². The van der Waals surface area contributed by atoms with Crippen molar-refractivity contribution in [2.75, 3.05) is 4.90 Å². The first-order valence-corrected chi connectivity index (χ1v) is 11.4. The van der Waals surface area contributed by atoms with Crippen molar-refractivity contribution in [3.8, 4) is 17.5 Å². The Kier molecular flexibility index (Phi) is 4.99. The summed E-state index contributed by atoms with van der Waals surface area (Å²) in [4.78, 5) is 22.1. The van der Waals surface area contributed by atoms with Crippen molar-refractivity contribution >= 4 is 5.82 Å². The summed E-state index contributed by atoms with van der Waals surface area (Å²) in [5, 5.41) is 0. The third-order valence-electron chi connectivity index (χ3n) is 7.09. The molecule has 0 spiro atoms. The van der Waals surface area contributed by atoms with E-state index in [1.165, 1.54) is 0 Å². The van der Waals surface area contributed by atoms with Gasteiger partial charge in [0.2, 0.25) is 17.5 Å². The fourth-order valence-corrected chi connectivity index (χ4v) is 5.56. The molecule has 0 unspecified atom stereocenters. The molecule has 0 atom stereocenters. The molecule has 36 heavy (non-hydrogen) atoms. The molecule has 2 saturated heterocycles. The number of halogens is 5. The second-order valence-electron chi connectivity index (χ2n) is 9.28. The Morgan fingerprint density at radius 2 is 1.75 bits per heavy atom. The SMILES string of the molecule is O=c1nc(OCc2cc(F)c(Oc3cccc(C(F)(F)F)n3)c(F)c2)cc2n1CC13CCC(CC1)N23. The van der Waals surface area contributed by atoms with Crippen LogP contribution in [0.5, 0.6) is 17.5 Å². The van der Waals surface area contributed by atoms with Crippen LogP contribution in [0.15, 0.2) is 41.2 Å². The van der Waals surface area contributed by atoms with E-state index in [1.54, 1.807) is 10.6 Å². The molecule has 6 rings (SSSR count). The van der Waals surface area contributed by atoms with Crippen LogP contribution in [0.3, 0.4) is 0 Å². The van der Waals surface area contributed by atoms with Gasteiger partial charge >= 0.3 is 11.9 Å². The van der Waals surface area contributed by atoms with Crippen LogP contribution in [0.1, 0.15) is 36.9 Å². The Morgan fingerprint density at radius 3 is 2.44 bits per heavy atom. The molecular formula is C24H19F5N4O3. The Balaban J connectivity index is 1.20. The zero-order valence-corrected chi connectivity index (χ0v) is 18.7. The number of aromatic nitrogens is 3. The number of hydrogen-bond donors (Lipinski definition) is 0. The highest BCUT2D eigenvalue weighted by Gasteiger charge is 2.56. The minimum Gasteiger partial charge on any atom is -0.473 e. The highest BCUT2D eigenvalue weighted by Crippen LogP contribution is 2.53. The van der Waals surface area contributed by atoms with Crippen molar-refractivity contribution in [1.29, 1.82) is 0 Å². The summed E-state index contributed by atoms with van der Waals surface area (Å²) in [6, 6.07) is 6.72. The predicted octanol–water partition coefficient (Wildman–Crippen LogP) is 4.82. The predicted molar refractivity (Wildman–Crippen MR) is 116 cm³/mol. The summed E-state index contributed by atoms with van der Waals surface area (Å²) in [5.41, 5.74) is -1.65. The molecular weight excluding hydrogens is 487 g/mol. The van der Waals surface area contributed by atoms with Crippen molar-refractivity contribution in [2.24, 2.45) is 0 Å². The summed E-state index contributed by atoms with van der Waals surface area (Å²) < 4.78 is 79.9. The molecule has 5 heterocycles. The van der Waals surface area contributed by atoms with Gasteiger partial charge in [0.15, 0.2) is 11.6 Å². The average molecular weight is 506 g/mol. The van der Waals surface area contributed by atoms with E-state index in [2.05, 4.69) is 14.9 Å². The molecule has 0 radical (unpaired) electrons. The van der Waals surface area contributed by atoms with Crippen LogP contribution >= 0.6 is 0 Å². The van der Waals surface area contributed by atoms with E-state index in [4.69, 9.17) is 9.47 Å². The van der Waals surface area contributed by atoms with Gasteiger partial charge in [0.25, 0.3) is 0 Å². The quantitative estimate of drug-likeness (QED) is 0.463. The summed E-state index contributed by atoms with van der Waals surface area (Å²) in [6.45, 7) is 0.309. The number of hydrogen-bond acceptors (Lipinski definition) is 6. The number of pyridine rings is 1. The van der Waals surface area contributed by atoms with Crippen LogP contribution in [0.4, 0.5) is 27.8 Å². The molecule has 2 bridgehead atoms. The van der Waals surface area contributed by atoms with Crippen LogP contribution in [0.2, 0.25) is 0 Å². The van der Waals surface area contributed by atoms with Gasteiger partial charge < -0.3 is 14.4 Å². The summed E-state index contributed by atoms with van der Waals surface area (Å²) in [7, 11) is 0. The molecule has 3 aromatic rings. The maximum Gasteiger partial charge on any atom is 0.433 e. The van der Waals surface area contributed by atoms with Crippen LogP contribution < -0.4 is 20.1 Å². The Bertz CT molecular complexity index is 1390. The minimum atomic E-state index is -4.74. The lowest BCUT2D eigenvalue weighted by molar-refractivity contribution is -0.141. The van der Waals surface area contributed by atoms with E-state index in [-0.39, 0.29) is 23.6 Å². The van der Waals surface area contributed by atoms with Gasteiger partial charge in [-0.15, -0.1) is 0 Å². The van der Waals surface area contributed by atoms with Gasteiger partial charge in [-0.05, 0) is 49.4 Å². The highest BCUT2D eigenvalue weighted by molar-refractivity contribution is 5.54. The summed E-state index contributed by atoms with van der Waals surface area (Å²) in [6.07, 6.45) is -0.526. The third kappa shape index (κ3) is 3.66. The maximum atomic E-state index is 14.6. The third-order valence-corrected chi connectivity index (χ3v) is 7.09. The fraction of sp³-hybridized carbons (Fsp3) is 0.375. The van der Waals surface area contributed by atoms with E-state index >= 15 is 0 Å². The lowest BCUT2D eigenvalue weighted by atomic mass is 9.88. The highest BCUT2D eigenvalue weighted by atomic mass is 19.4. The topological polar surface area (TPSA) is 69.5 Å². The summed E-state index contributed by atoms with van der Waals surface area (Å²) >= 11 is 0. The van der Waals surface area contributed by atoms with Crippen molar-refractivity contribution in [3.63, 3.8) is 0 Å². The molecule has 1 aromatic carbocycles. The van der Waals surface area contributed by atoms with Crippen LogP contribution in [0.25, 0.3) is 0 Å². The molecule has 2 aromatic heterocycles. The molecule has 188 valence electrons. The smallest absolute Gasteiger partial charge is 0.433 e. The van der Waals surface area contributed by atoms with E-state index in [9.17, 15) is 26.7 Å². The molecule has 0 saturated carbocycles. The zero-order chi connectivity index (χ0) is 25.2. The Hall–Kier alpha value is -3.70. The molecule has 2 fully saturated rings. The van der Waals surface area contributed by atoms with Gasteiger partial charge in [0, 0.05) is 18.2 Å². The second kappa shape index (κ2) is 7.90. The van der Waals surface area contributed by atoms with E-state index in [1.807, 2.05) is 0 Å². The standard InChI is InChI=1S/C24H19F5N4O3/c25-15-8-13(9-16(26)21(15)36-18-3-1-2-17(30-18)24(27,28)29)11-35-19-10-20-32(22(34)31-19)12-23-6-4-14(5-7-23)33(20)23/h1-3,8-10,14H,4-7,11-12H2. The zero-order valence-electron chi connectivity index (χ0n) is 18.7. The Labute approximate surface area is 201 Å². The maximum absolute atomic E-state index is 14.6. The first-order chi connectivity index (χ1) is 17.1. The monoisotopic (exact) mass is 506 g/mol. The van der Waals surface area contributed by atoms with Gasteiger partial charge in [0.1, 0.15) is 18.1 Å². The number of fused-ring (bicyclic) bond motifs is 1. The molecule has 0 amide bonds. The molecule has 0 N–H and O–H groups in total. The van der Waals surface area contributed by atoms with Gasteiger partial charge in [0.05, 0.1) is 12.1 Å². The number of anilines is 1. The first-order valence-electron chi connectivity index (χ1n) is 11.4. The van der Waals surface area contributed by atoms with Crippen LogP contribution in [0, 0.1) is 11.6 Å². The lowest BCUT2D eigenvalue weighted by Gasteiger charge is -2.27. The number of nitrogens with zero attached hydrogens (tertiary/aromatic N) is 4. The largest absolute Gasteiger partial charge is 0.473 e. The molecule has 7 nitrogen and oxygen atoms in total. The minimum absolute atomic E-state index is 0.0340. The van der Waals surface area contributed by atoms with Crippen molar-refractivity contribution in [2.45, 2.75) is 56.6 Å². The van der Waals surface area contributed by atoms with E-state index in [0.717, 1.165) is 55.8 Å². The molecule has 3 aliphatic rings. The van der Waals surface area contributed by atoms with Crippen molar-refractivity contribution in [1.82, 2.24) is 14.5 Å². The number of ether oxygens (including phenoxy) is 2. The normalized spacial score (nSPS) is 22.0. The van der Waals surface area contributed by atoms with Gasteiger partial charge in [-0.1, -0.05) is 6.07 Å². The summed E-state index contributed by atoms with van der Waals surface area (Å²) in [5.74, 6) is -3.00. The van der Waals surface area contributed by atoms with Gasteiger partial charge in [-0.25, -0.2) is 18.6 Å². The number of benzene rings is 1. The second-order valence-corrected chi connectivity index (χ2v) is 9.28. The van der Waals surface area contributed by atoms with E-state index < -0.39 is 40.8 Å². The van der Waals surface area contributed by atoms with Crippen molar-refractivity contribution < 1.29 is 31.4 Å². The average Bonchev–Trinajstić information content (AvgIpc) is 3.46. The first kappa shape index (κ1) is 22.7.